The van der Waals surface area contributed by atoms with Gasteiger partial charge in [-0.3, -0.25) is 0 Å². The molecule has 3 rings (SSSR count). The second-order valence-electron chi connectivity index (χ2n) is 7.13. The first-order valence-corrected chi connectivity index (χ1v) is 9.35. The maximum atomic E-state index is 13.3. The molecule has 1 aromatic heterocycles. The second-order valence-corrected chi connectivity index (χ2v) is 7.13. The van der Waals surface area contributed by atoms with E-state index in [4.69, 9.17) is 9.47 Å². The van der Waals surface area contributed by atoms with E-state index in [0.29, 0.717) is 5.75 Å². The lowest BCUT2D eigenvalue weighted by molar-refractivity contribution is -0.139. The van der Waals surface area contributed by atoms with Crippen LogP contribution in [0.4, 0.5) is 24.8 Å². The Balaban J connectivity index is 1.86. The van der Waals surface area contributed by atoms with Gasteiger partial charge in [0.1, 0.15) is 17.4 Å². The number of ether oxygens (including phenoxy) is 2. The minimum atomic E-state index is -4.57. The third kappa shape index (κ3) is 4.85. The summed E-state index contributed by atoms with van der Waals surface area (Å²) in [5.41, 5.74) is -0.222. The zero-order chi connectivity index (χ0) is 20.3. The number of anilines is 2. The molecule has 0 N–H and O–H groups in total. The molecule has 0 saturated heterocycles. The third-order valence-electron chi connectivity index (χ3n) is 4.52. The lowest BCUT2D eigenvalue weighted by Crippen LogP contribution is -2.20. The van der Waals surface area contributed by atoms with Gasteiger partial charge in [0.15, 0.2) is 0 Å². The maximum Gasteiger partial charge on any atom is 0.423 e. The van der Waals surface area contributed by atoms with Crippen molar-refractivity contribution in [3.05, 3.63) is 36.0 Å². The van der Waals surface area contributed by atoms with Crippen molar-refractivity contribution in [2.75, 3.05) is 11.9 Å². The van der Waals surface area contributed by atoms with Crippen LogP contribution in [0.25, 0.3) is 0 Å². The highest BCUT2D eigenvalue weighted by molar-refractivity contribution is 5.58. The normalized spacial score (nSPS) is 15.1. The first-order valence-electron chi connectivity index (χ1n) is 9.35. The van der Waals surface area contributed by atoms with E-state index >= 15 is 0 Å². The zero-order valence-electron chi connectivity index (χ0n) is 16.2. The minimum absolute atomic E-state index is 0.0529. The molecule has 0 aliphatic heterocycles. The predicted octanol–water partition coefficient (Wildman–Crippen LogP) is 5.37. The molecular formula is C20H24F3N3O2. The molecule has 152 valence electrons. The van der Waals surface area contributed by atoms with Gasteiger partial charge in [-0.15, -0.1) is 0 Å². The van der Waals surface area contributed by atoms with Crippen LogP contribution in [-0.2, 0) is 6.18 Å². The highest BCUT2D eigenvalue weighted by Gasteiger charge is 2.37. The topological polar surface area (TPSA) is 47.5 Å². The molecule has 1 aromatic carbocycles. The van der Waals surface area contributed by atoms with Crippen molar-refractivity contribution < 1.29 is 22.6 Å². The first kappa shape index (κ1) is 20.2. The number of hydrogen-bond acceptors (Lipinski definition) is 5. The molecule has 1 aliphatic rings. The monoisotopic (exact) mass is 395 g/mol. The summed E-state index contributed by atoms with van der Waals surface area (Å²) in [4.78, 5) is 9.61. The highest BCUT2D eigenvalue weighted by Crippen LogP contribution is 2.37. The lowest BCUT2D eigenvalue weighted by atomic mass is 10.2. The molecule has 0 spiro atoms. The average Bonchev–Trinajstić information content (AvgIpc) is 3.13. The number of hydrogen-bond donors (Lipinski definition) is 0. The van der Waals surface area contributed by atoms with Gasteiger partial charge in [0.05, 0.1) is 6.10 Å². The van der Waals surface area contributed by atoms with Crippen molar-refractivity contribution in [3.8, 4) is 11.6 Å². The van der Waals surface area contributed by atoms with Gasteiger partial charge < -0.3 is 14.4 Å². The highest BCUT2D eigenvalue weighted by atomic mass is 19.4. The van der Waals surface area contributed by atoms with E-state index < -0.39 is 17.6 Å². The van der Waals surface area contributed by atoms with E-state index in [-0.39, 0.29) is 18.2 Å². The van der Waals surface area contributed by atoms with Crippen molar-refractivity contribution in [1.29, 1.82) is 0 Å². The van der Waals surface area contributed by atoms with Crippen LogP contribution in [-0.4, -0.2) is 29.2 Å². The molecule has 1 aliphatic carbocycles. The summed E-state index contributed by atoms with van der Waals surface area (Å²) in [7, 11) is 1.69. The molecule has 1 saturated carbocycles. The van der Waals surface area contributed by atoms with Gasteiger partial charge in [0.2, 0.25) is 11.8 Å². The van der Waals surface area contributed by atoms with Gasteiger partial charge >= 0.3 is 6.18 Å². The molecular weight excluding hydrogens is 371 g/mol. The van der Waals surface area contributed by atoms with Crippen LogP contribution in [0.3, 0.4) is 0 Å². The maximum absolute atomic E-state index is 13.3. The van der Waals surface area contributed by atoms with Gasteiger partial charge in [0, 0.05) is 18.9 Å². The number of alkyl halides is 3. The van der Waals surface area contributed by atoms with Crippen LogP contribution in [0.1, 0.15) is 45.1 Å². The third-order valence-corrected chi connectivity index (χ3v) is 4.52. The van der Waals surface area contributed by atoms with E-state index in [1.54, 1.807) is 36.2 Å². The number of aromatic nitrogens is 2. The Morgan fingerprint density at radius 1 is 1.11 bits per heavy atom. The molecule has 1 fully saturated rings. The summed E-state index contributed by atoms with van der Waals surface area (Å²) in [5, 5.41) is 0. The smallest absolute Gasteiger partial charge is 0.423 e. The van der Waals surface area contributed by atoms with Crippen molar-refractivity contribution in [1.82, 2.24) is 9.97 Å². The van der Waals surface area contributed by atoms with Gasteiger partial charge in [-0.05, 0) is 63.8 Å². The molecule has 0 unspecified atom stereocenters. The summed E-state index contributed by atoms with van der Waals surface area (Å²) in [5.74, 6) is 0.445. The van der Waals surface area contributed by atoms with Crippen LogP contribution in [0.5, 0.6) is 11.6 Å². The van der Waals surface area contributed by atoms with Crippen molar-refractivity contribution in [2.45, 2.75) is 57.9 Å². The van der Waals surface area contributed by atoms with Gasteiger partial charge in [0.25, 0.3) is 0 Å². The molecule has 0 atom stereocenters. The minimum Gasteiger partial charge on any atom is -0.491 e. The quantitative estimate of drug-likeness (QED) is 0.658. The molecule has 1 heterocycles. The van der Waals surface area contributed by atoms with Crippen molar-refractivity contribution >= 4 is 11.6 Å². The van der Waals surface area contributed by atoms with Crippen molar-refractivity contribution in [2.24, 2.45) is 0 Å². The van der Waals surface area contributed by atoms with Gasteiger partial charge in [-0.2, -0.15) is 18.2 Å². The Kier molecular flexibility index (Phi) is 5.96. The fourth-order valence-corrected chi connectivity index (χ4v) is 3.10. The number of halogens is 3. The standard InChI is InChI=1S/C20H24F3N3O2/c1-13(2)27-16-10-8-14(9-11-16)26(3)19-24-12-17(20(21,22)23)18(25-19)28-15-6-4-5-7-15/h8-13,15H,4-7H2,1-3H3. The van der Waals surface area contributed by atoms with Crippen LogP contribution in [0.2, 0.25) is 0 Å². The SMILES string of the molecule is CC(C)Oc1ccc(N(C)c2ncc(C(F)(F)F)c(OC3CCCC3)n2)cc1. The zero-order valence-corrected chi connectivity index (χ0v) is 16.2. The summed E-state index contributed by atoms with van der Waals surface area (Å²) >= 11 is 0. The Hall–Kier alpha value is -2.51. The molecule has 0 amide bonds. The molecule has 5 nitrogen and oxygen atoms in total. The summed E-state index contributed by atoms with van der Waals surface area (Å²) in [6.45, 7) is 3.86. The molecule has 0 bridgehead atoms. The number of rotatable bonds is 6. The molecule has 0 radical (unpaired) electrons. The molecule has 8 heteroatoms. The fourth-order valence-electron chi connectivity index (χ4n) is 3.10. The van der Waals surface area contributed by atoms with E-state index in [2.05, 4.69) is 9.97 Å². The summed E-state index contributed by atoms with van der Waals surface area (Å²) < 4.78 is 51.2. The first-order chi connectivity index (χ1) is 13.2. The number of nitrogens with zero attached hydrogens (tertiary/aromatic N) is 3. The van der Waals surface area contributed by atoms with Crippen LogP contribution >= 0.6 is 0 Å². The second kappa shape index (κ2) is 8.24. The van der Waals surface area contributed by atoms with E-state index in [1.165, 1.54) is 0 Å². The van der Waals surface area contributed by atoms with Crippen LogP contribution in [0.15, 0.2) is 30.5 Å². The Morgan fingerprint density at radius 3 is 2.32 bits per heavy atom. The van der Waals surface area contributed by atoms with Gasteiger partial charge in [-0.25, -0.2) is 4.98 Å². The Labute approximate surface area is 162 Å². The van der Waals surface area contributed by atoms with E-state index in [9.17, 15) is 13.2 Å². The lowest BCUT2D eigenvalue weighted by Gasteiger charge is -2.21. The predicted molar refractivity (Wildman–Crippen MR) is 100 cm³/mol. The van der Waals surface area contributed by atoms with E-state index in [1.807, 2.05) is 13.8 Å². The average molecular weight is 395 g/mol. The summed E-state index contributed by atoms with van der Waals surface area (Å²) in [6, 6.07) is 7.20. The fraction of sp³-hybridized carbons (Fsp3) is 0.500. The van der Waals surface area contributed by atoms with E-state index in [0.717, 1.165) is 37.6 Å². The summed E-state index contributed by atoms with van der Waals surface area (Å²) in [6.07, 6.45) is -0.573. The molecule has 2 aromatic rings. The molecule has 28 heavy (non-hydrogen) atoms. The van der Waals surface area contributed by atoms with Crippen LogP contribution < -0.4 is 14.4 Å². The number of benzene rings is 1. The largest absolute Gasteiger partial charge is 0.491 e. The van der Waals surface area contributed by atoms with Gasteiger partial charge in [-0.1, -0.05) is 0 Å². The Morgan fingerprint density at radius 2 is 1.75 bits per heavy atom. The van der Waals surface area contributed by atoms with Crippen molar-refractivity contribution in [3.63, 3.8) is 0 Å². The van der Waals surface area contributed by atoms with Crippen LogP contribution in [0, 0.1) is 0 Å². The Bertz CT molecular complexity index is 788.